The second kappa shape index (κ2) is 3.30. The van der Waals surface area contributed by atoms with Gasteiger partial charge in [-0.05, 0) is 52.9 Å². The summed E-state index contributed by atoms with van der Waals surface area (Å²) in [5.74, 6) is 1.62. The van der Waals surface area contributed by atoms with E-state index in [0.717, 1.165) is 22.5 Å². The van der Waals surface area contributed by atoms with Crippen molar-refractivity contribution < 1.29 is 0 Å². The smallest absolute Gasteiger partial charge is 0.157 e. The van der Waals surface area contributed by atoms with Gasteiger partial charge in [-0.25, -0.2) is 9.50 Å². The summed E-state index contributed by atoms with van der Waals surface area (Å²) >= 11 is 3.53. The second-order valence-electron chi connectivity index (χ2n) is 4.05. The molecule has 0 radical (unpaired) electrons. The Morgan fingerprint density at radius 1 is 1.47 bits per heavy atom. The van der Waals surface area contributed by atoms with Crippen LogP contribution < -0.4 is 0 Å². The van der Waals surface area contributed by atoms with E-state index in [1.54, 1.807) is 0 Å². The third kappa shape index (κ3) is 1.57. The number of halogens is 1. The first-order valence-corrected chi connectivity index (χ1v) is 6.12. The average Bonchev–Trinajstić information content (AvgIpc) is 2.98. The van der Waals surface area contributed by atoms with Gasteiger partial charge in [-0.2, -0.15) is 0 Å². The molecule has 2 heterocycles. The Bertz CT molecular complexity index is 514. The lowest BCUT2D eigenvalue weighted by Crippen LogP contribution is -1.92. The molecule has 4 heteroatoms. The van der Waals surface area contributed by atoms with Gasteiger partial charge < -0.3 is 0 Å². The molecular formula is C11H12BrN3. The lowest BCUT2D eigenvalue weighted by atomic mass is 10.2. The van der Waals surface area contributed by atoms with Crippen molar-refractivity contribution in [1.82, 2.24) is 14.6 Å². The number of rotatable bonds is 2. The fraction of sp³-hybridized carbons (Fsp3) is 0.455. The van der Waals surface area contributed by atoms with Crippen molar-refractivity contribution in [3.63, 3.8) is 0 Å². The van der Waals surface area contributed by atoms with Crippen LogP contribution in [0, 0.1) is 0 Å². The first kappa shape index (κ1) is 9.33. The van der Waals surface area contributed by atoms with Crippen molar-refractivity contribution in [2.75, 3.05) is 0 Å². The summed E-state index contributed by atoms with van der Waals surface area (Å²) in [5.41, 5.74) is 2.26. The van der Waals surface area contributed by atoms with Crippen LogP contribution in [0.5, 0.6) is 0 Å². The highest BCUT2D eigenvalue weighted by atomic mass is 79.9. The van der Waals surface area contributed by atoms with Gasteiger partial charge in [0.1, 0.15) is 4.60 Å². The van der Waals surface area contributed by atoms with Crippen molar-refractivity contribution in [1.29, 1.82) is 0 Å². The van der Waals surface area contributed by atoms with Crippen LogP contribution in [-0.2, 0) is 6.42 Å². The van der Waals surface area contributed by atoms with Crippen LogP contribution in [0.2, 0.25) is 0 Å². The molecule has 0 spiro atoms. The molecule has 0 atom stereocenters. The summed E-state index contributed by atoms with van der Waals surface area (Å²) in [6.45, 7) is 2.15. The largest absolute Gasteiger partial charge is 0.212 e. The highest BCUT2D eigenvalue weighted by Gasteiger charge is 2.28. The first-order valence-electron chi connectivity index (χ1n) is 5.33. The molecule has 3 rings (SSSR count). The Balaban J connectivity index is 2.19. The number of hydrogen-bond acceptors (Lipinski definition) is 2. The first-order chi connectivity index (χ1) is 7.28. The van der Waals surface area contributed by atoms with Crippen LogP contribution in [-0.4, -0.2) is 14.6 Å². The zero-order valence-electron chi connectivity index (χ0n) is 8.57. The number of aryl methyl sites for hydroxylation is 1. The van der Waals surface area contributed by atoms with Crippen LogP contribution in [0.3, 0.4) is 0 Å². The van der Waals surface area contributed by atoms with E-state index < -0.39 is 0 Å². The normalized spacial score (nSPS) is 16.1. The molecule has 15 heavy (non-hydrogen) atoms. The molecule has 1 saturated carbocycles. The fourth-order valence-electron chi connectivity index (χ4n) is 1.73. The Morgan fingerprint density at radius 3 is 2.93 bits per heavy atom. The van der Waals surface area contributed by atoms with E-state index in [9.17, 15) is 0 Å². The SMILES string of the molecule is CCc1cc(Br)n2nc(C3CC3)nc2c1. The van der Waals surface area contributed by atoms with Gasteiger partial charge >= 0.3 is 0 Å². The van der Waals surface area contributed by atoms with Crippen LogP contribution in [0.15, 0.2) is 16.7 Å². The number of pyridine rings is 1. The zero-order valence-corrected chi connectivity index (χ0v) is 10.2. The topological polar surface area (TPSA) is 30.2 Å². The van der Waals surface area contributed by atoms with Crippen LogP contribution in [0.25, 0.3) is 5.65 Å². The molecule has 0 aromatic carbocycles. The molecule has 3 nitrogen and oxygen atoms in total. The van der Waals surface area contributed by atoms with Gasteiger partial charge in [-0.15, -0.1) is 5.10 Å². The maximum atomic E-state index is 4.57. The summed E-state index contributed by atoms with van der Waals surface area (Å²) in [6, 6.07) is 4.22. The summed E-state index contributed by atoms with van der Waals surface area (Å²) in [5, 5.41) is 4.51. The molecule has 2 aromatic rings. The molecule has 0 aliphatic heterocycles. The van der Waals surface area contributed by atoms with Crippen molar-refractivity contribution in [3.05, 3.63) is 28.1 Å². The lowest BCUT2D eigenvalue weighted by Gasteiger charge is -1.99. The van der Waals surface area contributed by atoms with E-state index in [2.05, 4.69) is 45.1 Å². The van der Waals surface area contributed by atoms with Gasteiger partial charge in [-0.1, -0.05) is 6.92 Å². The second-order valence-corrected chi connectivity index (χ2v) is 4.87. The molecule has 1 aliphatic carbocycles. The molecule has 0 N–H and O–H groups in total. The Morgan fingerprint density at radius 2 is 2.27 bits per heavy atom. The van der Waals surface area contributed by atoms with Gasteiger partial charge in [0, 0.05) is 5.92 Å². The number of aromatic nitrogens is 3. The number of hydrogen-bond donors (Lipinski definition) is 0. The maximum absolute atomic E-state index is 4.57. The summed E-state index contributed by atoms with van der Waals surface area (Å²) in [6.07, 6.45) is 3.52. The van der Waals surface area contributed by atoms with Gasteiger partial charge in [0.2, 0.25) is 0 Å². The monoisotopic (exact) mass is 265 g/mol. The van der Waals surface area contributed by atoms with Crippen molar-refractivity contribution in [2.24, 2.45) is 0 Å². The maximum Gasteiger partial charge on any atom is 0.157 e. The Labute approximate surface area is 96.6 Å². The average molecular weight is 266 g/mol. The Kier molecular flexibility index (Phi) is 2.06. The van der Waals surface area contributed by atoms with Crippen LogP contribution in [0.1, 0.15) is 37.1 Å². The molecule has 0 saturated heterocycles. The summed E-state index contributed by atoms with van der Waals surface area (Å²) in [7, 11) is 0. The number of fused-ring (bicyclic) bond motifs is 1. The standard InChI is InChI=1S/C11H12BrN3/c1-2-7-5-9(12)15-10(6-7)13-11(14-15)8-3-4-8/h5-6,8H,2-4H2,1H3. The van der Waals surface area contributed by atoms with Gasteiger partial charge in [-0.3, -0.25) is 0 Å². The number of nitrogens with zero attached hydrogens (tertiary/aromatic N) is 3. The summed E-state index contributed by atoms with van der Waals surface area (Å²) < 4.78 is 2.88. The fourth-order valence-corrected chi connectivity index (χ4v) is 2.29. The highest BCUT2D eigenvalue weighted by molar-refractivity contribution is 9.10. The van der Waals surface area contributed by atoms with E-state index in [-0.39, 0.29) is 0 Å². The van der Waals surface area contributed by atoms with Crippen LogP contribution in [0.4, 0.5) is 0 Å². The molecule has 0 bridgehead atoms. The van der Waals surface area contributed by atoms with Gasteiger partial charge in [0.05, 0.1) is 0 Å². The molecule has 78 valence electrons. The van der Waals surface area contributed by atoms with Crippen LogP contribution >= 0.6 is 15.9 Å². The predicted molar refractivity (Wildman–Crippen MR) is 62.0 cm³/mol. The summed E-state index contributed by atoms with van der Waals surface area (Å²) in [4.78, 5) is 4.57. The van der Waals surface area contributed by atoms with E-state index in [1.807, 2.05) is 4.52 Å². The Hall–Kier alpha value is -0.900. The molecule has 1 aliphatic rings. The third-order valence-electron chi connectivity index (χ3n) is 2.82. The predicted octanol–water partition coefficient (Wildman–Crippen LogP) is 2.93. The third-order valence-corrected chi connectivity index (χ3v) is 3.39. The molecule has 0 amide bonds. The molecular weight excluding hydrogens is 254 g/mol. The van der Waals surface area contributed by atoms with E-state index in [0.29, 0.717) is 5.92 Å². The molecule has 2 aromatic heterocycles. The molecule has 1 fully saturated rings. The van der Waals surface area contributed by atoms with Crippen molar-refractivity contribution in [3.8, 4) is 0 Å². The van der Waals surface area contributed by atoms with E-state index in [4.69, 9.17) is 0 Å². The molecule has 0 unspecified atom stereocenters. The van der Waals surface area contributed by atoms with E-state index >= 15 is 0 Å². The minimum atomic E-state index is 0.613. The van der Waals surface area contributed by atoms with E-state index in [1.165, 1.54) is 18.4 Å². The van der Waals surface area contributed by atoms with Crippen molar-refractivity contribution in [2.45, 2.75) is 32.1 Å². The van der Waals surface area contributed by atoms with Crippen molar-refractivity contribution >= 4 is 21.6 Å². The van der Waals surface area contributed by atoms with Gasteiger partial charge in [0.15, 0.2) is 11.5 Å². The zero-order chi connectivity index (χ0) is 10.4. The lowest BCUT2D eigenvalue weighted by molar-refractivity contribution is 0.861. The quantitative estimate of drug-likeness (QED) is 0.782. The van der Waals surface area contributed by atoms with Gasteiger partial charge in [0.25, 0.3) is 0 Å². The minimum Gasteiger partial charge on any atom is -0.212 e. The highest BCUT2D eigenvalue weighted by Crippen LogP contribution is 2.38. The minimum absolute atomic E-state index is 0.613.